The molecule has 4 nitrogen and oxygen atoms in total. The Kier molecular flexibility index (Phi) is 3.46. The molecule has 2 heterocycles. The second-order valence-electron chi connectivity index (χ2n) is 5.37. The van der Waals surface area contributed by atoms with Crippen LogP contribution < -0.4 is 5.73 Å². The summed E-state index contributed by atoms with van der Waals surface area (Å²) in [4.78, 5) is 9.33. The lowest BCUT2D eigenvalue weighted by atomic mass is 10.0. The zero-order chi connectivity index (χ0) is 12.4. The first-order chi connectivity index (χ1) is 8.84. The molecule has 1 aromatic heterocycles. The smallest absolute Gasteiger partial charge is 0.136 e. The molecule has 1 saturated heterocycles. The van der Waals surface area contributed by atoms with Gasteiger partial charge in [0, 0.05) is 23.8 Å². The number of nitrogens with zero attached hydrogens (tertiary/aromatic N) is 2. The van der Waals surface area contributed by atoms with Crippen molar-refractivity contribution < 1.29 is 4.74 Å². The predicted molar refractivity (Wildman–Crippen MR) is 70.5 cm³/mol. The Morgan fingerprint density at radius 1 is 1.06 bits per heavy atom. The average Bonchev–Trinajstić information content (AvgIpc) is 2.65. The number of anilines is 1. The van der Waals surface area contributed by atoms with Gasteiger partial charge in [-0.15, -0.1) is 0 Å². The highest BCUT2D eigenvalue weighted by Gasteiger charge is 2.22. The second-order valence-corrected chi connectivity index (χ2v) is 5.37. The van der Waals surface area contributed by atoms with E-state index in [1.807, 2.05) is 0 Å². The van der Waals surface area contributed by atoms with Crippen LogP contribution in [0.15, 0.2) is 0 Å². The summed E-state index contributed by atoms with van der Waals surface area (Å²) in [6, 6.07) is 0. The summed E-state index contributed by atoms with van der Waals surface area (Å²) in [5, 5.41) is 0. The number of nitrogens with two attached hydrogens (primary N) is 1. The molecule has 0 saturated carbocycles. The fourth-order valence-corrected chi connectivity index (χ4v) is 2.95. The molecule has 0 amide bonds. The lowest BCUT2D eigenvalue weighted by Gasteiger charge is -2.22. The molecule has 1 unspecified atom stereocenters. The van der Waals surface area contributed by atoms with Gasteiger partial charge in [0.1, 0.15) is 11.6 Å². The molecule has 3 rings (SSSR count). The van der Waals surface area contributed by atoms with E-state index in [1.165, 1.54) is 30.5 Å². The molecule has 0 aromatic carbocycles. The van der Waals surface area contributed by atoms with Crippen LogP contribution in [0.5, 0.6) is 0 Å². The maximum Gasteiger partial charge on any atom is 0.136 e. The number of rotatable bonds is 1. The summed E-state index contributed by atoms with van der Waals surface area (Å²) in [5.41, 5.74) is 8.52. The first-order valence-electron chi connectivity index (χ1n) is 7.07. The van der Waals surface area contributed by atoms with Crippen LogP contribution in [-0.2, 0) is 17.6 Å². The molecular weight excluding hydrogens is 226 g/mol. The number of fused-ring (bicyclic) bond motifs is 1. The molecule has 2 aliphatic rings. The monoisotopic (exact) mass is 247 g/mol. The molecule has 0 bridgehead atoms. The lowest BCUT2D eigenvalue weighted by Crippen LogP contribution is -2.20. The van der Waals surface area contributed by atoms with Crippen LogP contribution in [0, 0.1) is 0 Å². The highest BCUT2D eigenvalue weighted by atomic mass is 16.5. The molecule has 18 heavy (non-hydrogen) atoms. The Hall–Kier alpha value is -1.16. The van der Waals surface area contributed by atoms with Crippen molar-refractivity contribution in [3.63, 3.8) is 0 Å². The standard InChI is InChI=1S/C14H21N3O/c15-13-11-6-2-1-3-7-12(11)16-14(17-13)10-5-4-8-18-9-10/h10H,1-9H2,(H2,15,16,17). The zero-order valence-electron chi connectivity index (χ0n) is 10.8. The van der Waals surface area contributed by atoms with Crippen molar-refractivity contribution in [3.05, 3.63) is 17.1 Å². The predicted octanol–water partition coefficient (Wildman–Crippen LogP) is 2.22. The summed E-state index contributed by atoms with van der Waals surface area (Å²) in [7, 11) is 0. The molecule has 4 heteroatoms. The van der Waals surface area contributed by atoms with Crippen LogP contribution in [0.3, 0.4) is 0 Å². The number of hydrogen-bond donors (Lipinski definition) is 1. The van der Waals surface area contributed by atoms with Gasteiger partial charge in [-0.2, -0.15) is 0 Å². The summed E-state index contributed by atoms with van der Waals surface area (Å²) < 4.78 is 5.52. The lowest BCUT2D eigenvalue weighted by molar-refractivity contribution is 0.0780. The molecule has 1 aliphatic carbocycles. The maximum absolute atomic E-state index is 6.13. The van der Waals surface area contributed by atoms with E-state index in [9.17, 15) is 0 Å². The zero-order valence-corrected chi connectivity index (χ0v) is 10.8. The number of aromatic nitrogens is 2. The Morgan fingerprint density at radius 3 is 2.78 bits per heavy atom. The first-order valence-corrected chi connectivity index (χ1v) is 7.07. The van der Waals surface area contributed by atoms with Gasteiger partial charge in [0.25, 0.3) is 0 Å². The Morgan fingerprint density at radius 2 is 1.94 bits per heavy atom. The van der Waals surface area contributed by atoms with Crippen molar-refractivity contribution in [1.82, 2.24) is 9.97 Å². The van der Waals surface area contributed by atoms with Crippen LogP contribution in [0.4, 0.5) is 5.82 Å². The Balaban J connectivity index is 1.91. The maximum atomic E-state index is 6.13. The van der Waals surface area contributed by atoms with E-state index in [1.54, 1.807) is 0 Å². The van der Waals surface area contributed by atoms with Gasteiger partial charge < -0.3 is 10.5 Å². The highest BCUT2D eigenvalue weighted by Crippen LogP contribution is 2.28. The third kappa shape index (κ3) is 2.34. The van der Waals surface area contributed by atoms with E-state index in [-0.39, 0.29) is 0 Å². The van der Waals surface area contributed by atoms with Crippen LogP contribution >= 0.6 is 0 Å². The van der Waals surface area contributed by atoms with Gasteiger partial charge in [-0.3, -0.25) is 0 Å². The minimum atomic E-state index is 0.342. The van der Waals surface area contributed by atoms with Gasteiger partial charge in [0.05, 0.1) is 6.61 Å². The number of hydrogen-bond acceptors (Lipinski definition) is 4. The molecule has 1 aliphatic heterocycles. The fraction of sp³-hybridized carbons (Fsp3) is 0.714. The van der Waals surface area contributed by atoms with Crippen molar-refractivity contribution in [2.75, 3.05) is 18.9 Å². The summed E-state index contributed by atoms with van der Waals surface area (Å²) in [5.74, 6) is 1.96. The number of ether oxygens (including phenoxy) is 1. The number of aryl methyl sites for hydroxylation is 1. The van der Waals surface area contributed by atoms with Crippen molar-refractivity contribution in [2.24, 2.45) is 0 Å². The van der Waals surface area contributed by atoms with Crippen LogP contribution in [0.25, 0.3) is 0 Å². The summed E-state index contributed by atoms with van der Waals surface area (Å²) >= 11 is 0. The van der Waals surface area contributed by atoms with Crippen molar-refractivity contribution in [3.8, 4) is 0 Å². The average molecular weight is 247 g/mol. The van der Waals surface area contributed by atoms with Crippen molar-refractivity contribution in [1.29, 1.82) is 0 Å². The van der Waals surface area contributed by atoms with Crippen LogP contribution in [0.2, 0.25) is 0 Å². The quantitative estimate of drug-likeness (QED) is 0.773. The molecule has 0 radical (unpaired) electrons. The second kappa shape index (κ2) is 5.22. The molecule has 2 N–H and O–H groups in total. The van der Waals surface area contributed by atoms with E-state index in [4.69, 9.17) is 15.5 Å². The first kappa shape index (κ1) is 11.9. The van der Waals surface area contributed by atoms with Crippen molar-refractivity contribution >= 4 is 5.82 Å². The van der Waals surface area contributed by atoms with E-state index >= 15 is 0 Å². The summed E-state index contributed by atoms with van der Waals surface area (Å²) in [6.45, 7) is 1.62. The van der Waals surface area contributed by atoms with Gasteiger partial charge in [-0.05, 0) is 38.5 Å². The van der Waals surface area contributed by atoms with Gasteiger partial charge in [-0.1, -0.05) is 6.42 Å². The third-order valence-electron chi connectivity index (χ3n) is 4.01. The fourth-order valence-electron chi connectivity index (χ4n) is 2.95. The Labute approximate surface area is 108 Å². The molecule has 1 atom stereocenters. The Bertz CT molecular complexity index is 427. The van der Waals surface area contributed by atoms with Gasteiger partial charge in [0.15, 0.2) is 0 Å². The number of nitrogen functional groups attached to an aromatic ring is 1. The molecule has 0 spiro atoms. The topological polar surface area (TPSA) is 61.0 Å². The molecule has 1 aromatic rings. The summed E-state index contributed by atoms with van der Waals surface area (Å²) in [6.07, 6.45) is 8.04. The molecule has 1 fully saturated rings. The SMILES string of the molecule is Nc1nc(C2CCCOC2)nc2c1CCCCC2. The largest absolute Gasteiger partial charge is 0.383 e. The minimum absolute atomic E-state index is 0.342. The van der Waals surface area contributed by atoms with Crippen LogP contribution in [-0.4, -0.2) is 23.2 Å². The van der Waals surface area contributed by atoms with Crippen molar-refractivity contribution in [2.45, 2.75) is 50.9 Å². The van der Waals surface area contributed by atoms with Gasteiger partial charge >= 0.3 is 0 Å². The highest BCUT2D eigenvalue weighted by molar-refractivity contribution is 5.43. The third-order valence-corrected chi connectivity index (χ3v) is 4.01. The van der Waals surface area contributed by atoms with Crippen LogP contribution in [0.1, 0.15) is 55.1 Å². The molecule has 98 valence electrons. The van der Waals surface area contributed by atoms with Gasteiger partial charge in [0.2, 0.25) is 0 Å². The van der Waals surface area contributed by atoms with E-state index in [0.717, 1.165) is 44.7 Å². The normalized spacial score (nSPS) is 24.3. The van der Waals surface area contributed by atoms with Gasteiger partial charge in [-0.25, -0.2) is 9.97 Å². The molecular formula is C14H21N3O. The van der Waals surface area contributed by atoms with E-state index < -0.39 is 0 Å². The minimum Gasteiger partial charge on any atom is -0.383 e. The van der Waals surface area contributed by atoms with E-state index in [0.29, 0.717) is 11.7 Å². The van der Waals surface area contributed by atoms with E-state index in [2.05, 4.69) is 4.98 Å².